The Balaban J connectivity index is 1.97. The van der Waals surface area contributed by atoms with E-state index in [1.54, 1.807) is 25.3 Å². The molecule has 0 fully saturated rings. The van der Waals surface area contributed by atoms with E-state index < -0.39 is 0 Å². The summed E-state index contributed by atoms with van der Waals surface area (Å²) < 4.78 is 5.36. The fourth-order valence-corrected chi connectivity index (χ4v) is 2.43. The number of ether oxygens (including phenoxy) is 1. The lowest BCUT2D eigenvalue weighted by Gasteiger charge is -2.19. The zero-order valence-corrected chi connectivity index (χ0v) is 13.3. The number of anilines is 1. The second kappa shape index (κ2) is 7.59. The fourth-order valence-electron chi connectivity index (χ4n) is 2.43. The summed E-state index contributed by atoms with van der Waals surface area (Å²) in [6.45, 7) is 2.08. The van der Waals surface area contributed by atoms with Gasteiger partial charge in [0.25, 0.3) is 0 Å². The molecule has 1 aromatic heterocycles. The molecule has 22 heavy (non-hydrogen) atoms. The first-order chi connectivity index (χ1) is 10.6. The Morgan fingerprint density at radius 3 is 2.64 bits per heavy atom. The van der Waals surface area contributed by atoms with E-state index in [0.717, 1.165) is 17.7 Å². The predicted octanol–water partition coefficient (Wildman–Crippen LogP) is 3.32. The molecule has 2 aromatic rings. The van der Waals surface area contributed by atoms with Crippen molar-refractivity contribution in [2.75, 3.05) is 19.1 Å². The van der Waals surface area contributed by atoms with Crippen molar-refractivity contribution < 1.29 is 9.53 Å². The molecule has 0 saturated carbocycles. The second-order valence-corrected chi connectivity index (χ2v) is 5.47. The first-order valence-electron chi connectivity index (χ1n) is 7.41. The van der Waals surface area contributed by atoms with Crippen LogP contribution in [0.1, 0.15) is 18.9 Å². The van der Waals surface area contributed by atoms with Gasteiger partial charge in [0.05, 0.1) is 7.11 Å². The number of rotatable bonds is 6. The molecule has 4 heteroatoms. The van der Waals surface area contributed by atoms with Gasteiger partial charge in [-0.05, 0) is 36.1 Å². The van der Waals surface area contributed by atoms with Crippen LogP contribution in [0.3, 0.4) is 0 Å². The Bertz CT molecular complexity index is 613. The standard InChI is InChI=1S/C18H22N2O2/c1-14(12-15-8-4-5-9-16(15)22-3)13-18(21)20(2)17-10-6-7-11-19-17/h4-11,14H,12-13H2,1-3H3/t14-/m1/s1. The number of amides is 1. The number of carbonyl (C=O) groups is 1. The lowest BCUT2D eigenvalue weighted by atomic mass is 9.97. The molecular weight excluding hydrogens is 276 g/mol. The van der Waals surface area contributed by atoms with Crippen LogP contribution in [-0.2, 0) is 11.2 Å². The van der Waals surface area contributed by atoms with Gasteiger partial charge in [0.1, 0.15) is 11.6 Å². The van der Waals surface area contributed by atoms with Crippen molar-refractivity contribution in [2.24, 2.45) is 5.92 Å². The van der Waals surface area contributed by atoms with E-state index in [2.05, 4.69) is 11.9 Å². The van der Waals surface area contributed by atoms with Crippen LogP contribution in [0, 0.1) is 5.92 Å². The third-order valence-corrected chi connectivity index (χ3v) is 3.65. The van der Waals surface area contributed by atoms with Gasteiger partial charge < -0.3 is 4.74 Å². The largest absolute Gasteiger partial charge is 0.496 e. The van der Waals surface area contributed by atoms with E-state index in [1.807, 2.05) is 42.5 Å². The summed E-state index contributed by atoms with van der Waals surface area (Å²) in [6, 6.07) is 13.5. The number of hydrogen-bond acceptors (Lipinski definition) is 3. The van der Waals surface area contributed by atoms with Crippen LogP contribution in [0.15, 0.2) is 48.7 Å². The molecule has 0 unspecified atom stereocenters. The first kappa shape index (κ1) is 16.0. The highest BCUT2D eigenvalue weighted by Crippen LogP contribution is 2.22. The third-order valence-electron chi connectivity index (χ3n) is 3.65. The summed E-state index contributed by atoms with van der Waals surface area (Å²) in [5, 5.41) is 0. The van der Waals surface area contributed by atoms with Crippen LogP contribution >= 0.6 is 0 Å². The molecular formula is C18H22N2O2. The van der Waals surface area contributed by atoms with Crippen molar-refractivity contribution in [1.29, 1.82) is 0 Å². The Labute approximate surface area is 131 Å². The minimum atomic E-state index is 0.0705. The summed E-state index contributed by atoms with van der Waals surface area (Å²) >= 11 is 0. The van der Waals surface area contributed by atoms with E-state index in [1.165, 1.54) is 0 Å². The smallest absolute Gasteiger partial charge is 0.228 e. The van der Waals surface area contributed by atoms with Crippen LogP contribution in [0.25, 0.3) is 0 Å². The number of para-hydroxylation sites is 1. The first-order valence-corrected chi connectivity index (χ1v) is 7.41. The summed E-state index contributed by atoms with van der Waals surface area (Å²) in [5.41, 5.74) is 1.13. The molecule has 2 rings (SSSR count). The molecule has 116 valence electrons. The van der Waals surface area contributed by atoms with E-state index in [9.17, 15) is 4.79 Å². The number of carbonyl (C=O) groups excluding carboxylic acids is 1. The van der Waals surface area contributed by atoms with Gasteiger partial charge in [-0.2, -0.15) is 0 Å². The zero-order chi connectivity index (χ0) is 15.9. The number of methoxy groups -OCH3 is 1. The van der Waals surface area contributed by atoms with Gasteiger partial charge in [-0.1, -0.05) is 31.2 Å². The zero-order valence-electron chi connectivity index (χ0n) is 13.3. The maximum atomic E-state index is 12.4. The predicted molar refractivity (Wildman–Crippen MR) is 88.1 cm³/mol. The van der Waals surface area contributed by atoms with Crippen LogP contribution in [0.4, 0.5) is 5.82 Å². The minimum absolute atomic E-state index is 0.0705. The van der Waals surface area contributed by atoms with Crippen LogP contribution < -0.4 is 9.64 Å². The van der Waals surface area contributed by atoms with Crippen molar-refractivity contribution in [3.8, 4) is 5.75 Å². The molecule has 1 heterocycles. The molecule has 0 N–H and O–H groups in total. The van der Waals surface area contributed by atoms with Crippen LogP contribution in [0.5, 0.6) is 5.75 Å². The summed E-state index contributed by atoms with van der Waals surface area (Å²) in [5.74, 6) is 1.85. The maximum Gasteiger partial charge on any atom is 0.228 e. The van der Waals surface area contributed by atoms with Crippen LogP contribution in [0.2, 0.25) is 0 Å². The molecule has 1 amide bonds. The van der Waals surface area contributed by atoms with Gasteiger partial charge in [-0.15, -0.1) is 0 Å². The van der Waals surface area contributed by atoms with Gasteiger partial charge in [-0.25, -0.2) is 4.98 Å². The van der Waals surface area contributed by atoms with Crippen molar-refractivity contribution in [3.63, 3.8) is 0 Å². The summed E-state index contributed by atoms with van der Waals surface area (Å²) in [6.07, 6.45) is 2.98. The number of pyridine rings is 1. The number of aromatic nitrogens is 1. The van der Waals surface area contributed by atoms with Crippen molar-refractivity contribution in [1.82, 2.24) is 4.98 Å². The average molecular weight is 298 g/mol. The molecule has 0 aliphatic heterocycles. The molecule has 0 aliphatic rings. The van der Waals surface area contributed by atoms with Gasteiger partial charge in [-0.3, -0.25) is 9.69 Å². The van der Waals surface area contributed by atoms with Gasteiger partial charge in [0.2, 0.25) is 5.91 Å². The molecule has 0 radical (unpaired) electrons. The van der Waals surface area contributed by atoms with E-state index >= 15 is 0 Å². The number of nitrogens with zero attached hydrogens (tertiary/aromatic N) is 2. The summed E-state index contributed by atoms with van der Waals surface area (Å²) in [7, 11) is 3.43. The normalized spacial score (nSPS) is 11.8. The highest BCUT2D eigenvalue weighted by Gasteiger charge is 2.16. The monoisotopic (exact) mass is 298 g/mol. The quantitative estimate of drug-likeness (QED) is 0.821. The molecule has 0 spiro atoms. The SMILES string of the molecule is COc1ccccc1C[C@@H](C)CC(=O)N(C)c1ccccn1. The third kappa shape index (κ3) is 4.07. The summed E-state index contributed by atoms with van der Waals surface area (Å²) in [4.78, 5) is 18.2. The highest BCUT2D eigenvalue weighted by atomic mass is 16.5. The van der Waals surface area contributed by atoms with Gasteiger partial charge in [0, 0.05) is 19.7 Å². The van der Waals surface area contributed by atoms with Crippen molar-refractivity contribution in [2.45, 2.75) is 19.8 Å². The van der Waals surface area contributed by atoms with E-state index in [4.69, 9.17) is 4.74 Å². The van der Waals surface area contributed by atoms with E-state index in [0.29, 0.717) is 12.2 Å². The Kier molecular flexibility index (Phi) is 5.53. The highest BCUT2D eigenvalue weighted by molar-refractivity contribution is 5.91. The Morgan fingerprint density at radius 2 is 1.95 bits per heavy atom. The lowest BCUT2D eigenvalue weighted by molar-refractivity contribution is -0.119. The lowest BCUT2D eigenvalue weighted by Crippen LogP contribution is -2.28. The molecule has 4 nitrogen and oxygen atoms in total. The minimum Gasteiger partial charge on any atom is -0.496 e. The van der Waals surface area contributed by atoms with Gasteiger partial charge in [0.15, 0.2) is 0 Å². The molecule has 0 saturated heterocycles. The maximum absolute atomic E-state index is 12.4. The van der Waals surface area contributed by atoms with E-state index in [-0.39, 0.29) is 11.8 Å². The number of benzene rings is 1. The molecule has 1 atom stereocenters. The van der Waals surface area contributed by atoms with Gasteiger partial charge >= 0.3 is 0 Å². The molecule has 0 aliphatic carbocycles. The Hall–Kier alpha value is -2.36. The topological polar surface area (TPSA) is 42.4 Å². The second-order valence-electron chi connectivity index (χ2n) is 5.47. The van der Waals surface area contributed by atoms with Crippen molar-refractivity contribution >= 4 is 11.7 Å². The fraction of sp³-hybridized carbons (Fsp3) is 0.333. The number of hydrogen-bond donors (Lipinski definition) is 0. The van der Waals surface area contributed by atoms with Crippen LogP contribution in [-0.4, -0.2) is 25.0 Å². The van der Waals surface area contributed by atoms with Crippen molar-refractivity contribution in [3.05, 3.63) is 54.2 Å². The molecule has 0 bridgehead atoms. The molecule has 1 aromatic carbocycles. The average Bonchev–Trinajstić information content (AvgIpc) is 2.55. The Morgan fingerprint density at radius 1 is 1.23 bits per heavy atom.